The third-order valence-electron chi connectivity index (χ3n) is 5.91. The van der Waals surface area contributed by atoms with Crippen LogP contribution < -0.4 is 9.47 Å². The molecule has 2 aromatic rings. The fourth-order valence-corrected chi connectivity index (χ4v) is 4.54. The van der Waals surface area contributed by atoms with Crippen molar-refractivity contribution in [1.82, 2.24) is 0 Å². The third-order valence-corrected chi connectivity index (χ3v) is 7.69. The number of rotatable bonds is 13. The van der Waals surface area contributed by atoms with Crippen LogP contribution in [-0.4, -0.2) is 39.8 Å². The van der Waals surface area contributed by atoms with Crippen LogP contribution in [0.1, 0.15) is 41.5 Å². The zero-order chi connectivity index (χ0) is 29.4. The molecule has 0 saturated carbocycles. The Balaban J connectivity index is 2.11. The Morgan fingerprint density at radius 1 is 0.795 bits per heavy atom. The van der Waals surface area contributed by atoms with Gasteiger partial charge in [0, 0.05) is 6.92 Å². The largest absolute Gasteiger partial charge is 0.490 e. The van der Waals surface area contributed by atoms with E-state index in [1.807, 2.05) is 0 Å². The number of carbonyl (C=O) groups is 1. The van der Waals surface area contributed by atoms with Crippen LogP contribution in [0, 0.1) is 33.5 Å². The predicted molar refractivity (Wildman–Crippen MR) is 143 cm³/mol. The monoisotopic (exact) mass is 554 g/mol. The second kappa shape index (κ2) is 12.7. The molecule has 0 aliphatic carbocycles. The third kappa shape index (κ3) is 8.49. The average molecular weight is 555 g/mol. The van der Waals surface area contributed by atoms with Gasteiger partial charge in [-0.25, -0.2) is 8.42 Å². The minimum atomic E-state index is -3.82. The minimum Gasteiger partial charge on any atom is -0.490 e. The van der Waals surface area contributed by atoms with Crippen LogP contribution in [0.2, 0.25) is 0 Å². The van der Waals surface area contributed by atoms with Gasteiger partial charge in [-0.3, -0.25) is 4.79 Å². The van der Waals surface area contributed by atoms with E-state index < -0.39 is 38.8 Å². The van der Waals surface area contributed by atoms with Gasteiger partial charge < -0.3 is 18.9 Å². The number of esters is 1. The summed E-state index contributed by atoms with van der Waals surface area (Å²) in [6.07, 6.45) is -1.38. The maximum Gasteiger partial charge on any atom is 0.303 e. The molecule has 0 amide bonds. The van der Waals surface area contributed by atoms with Crippen LogP contribution >= 0.6 is 0 Å². The van der Waals surface area contributed by atoms with Gasteiger partial charge in [0.15, 0.2) is 6.10 Å². The van der Waals surface area contributed by atoms with Crippen molar-refractivity contribution in [3.8, 4) is 23.6 Å². The van der Waals surface area contributed by atoms with Crippen molar-refractivity contribution in [2.45, 2.75) is 63.5 Å². The number of carbonyl (C=O) groups excluding carboxylic acids is 1. The van der Waals surface area contributed by atoms with Gasteiger partial charge in [-0.15, -0.1) is 0 Å². The zero-order valence-corrected chi connectivity index (χ0v) is 23.9. The summed E-state index contributed by atoms with van der Waals surface area (Å²) in [6, 6.07) is 16.0. The summed E-state index contributed by atoms with van der Waals surface area (Å²) in [4.78, 5) is 11.5. The van der Waals surface area contributed by atoms with E-state index in [1.54, 1.807) is 34.6 Å². The van der Waals surface area contributed by atoms with Gasteiger partial charge >= 0.3 is 5.97 Å². The van der Waals surface area contributed by atoms with Gasteiger partial charge in [0.25, 0.3) is 0 Å². The topological polar surface area (TPSA) is 136 Å². The van der Waals surface area contributed by atoms with Crippen molar-refractivity contribution < 1.29 is 32.2 Å². The molecule has 0 heterocycles. The summed E-state index contributed by atoms with van der Waals surface area (Å²) in [7, 11) is -3.82. The molecule has 0 saturated heterocycles. The molecule has 208 valence electrons. The van der Waals surface area contributed by atoms with Crippen LogP contribution in [0.25, 0.3) is 0 Å². The van der Waals surface area contributed by atoms with E-state index in [0.717, 1.165) is 0 Å². The van der Waals surface area contributed by atoms with E-state index >= 15 is 0 Å². The lowest BCUT2D eigenvalue weighted by atomic mass is 9.88. The molecule has 0 aliphatic heterocycles. The highest BCUT2D eigenvalue weighted by molar-refractivity contribution is 7.91. The molecule has 2 unspecified atom stereocenters. The summed E-state index contributed by atoms with van der Waals surface area (Å²) >= 11 is 0. The van der Waals surface area contributed by atoms with Crippen LogP contribution in [0.15, 0.2) is 70.7 Å². The highest BCUT2D eigenvalue weighted by Crippen LogP contribution is 2.28. The van der Waals surface area contributed by atoms with Crippen molar-refractivity contribution in [2.24, 2.45) is 10.8 Å². The van der Waals surface area contributed by atoms with Crippen LogP contribution in [0.5, 0.6) is 11.5 Å². The van der Waals surface area contributed by atoms with E-state index in [4.69, 9.17) is 18.9 Å². The lowest BCUT2D eigenvalue weighted by Crippen LogP contribution is -2.37. The van der Waals surface area contributed by atoms with E-state index in [9.17, 15) is 23.7 Å². The van der Waals surface area contributed by atoms with Crippen molar-refractivity contribution >= 4 is 15.8 Å². The first kappa shape index (κ1) is 31.2. The highest BCUT2D eigenvalue weighted by Gasteiger charge is 2.34. The molecule has 0 fully saturated rings. The molecule has 0 aliphatic rings. The van der Waals surface area contributed by atoms with Gasteiger partial charge in [0.1, 0.15) is 30.8 Å². The fourth-order valence-electron chi connectivity index (χ4n) is 3.28. The van der Waals surface area contributed by atoms with Crippen molar-refractivity contribution in [2.75, 3.05) is 13.2 Å². The summed E-state index contributed by atoms with van der Waals surface area (Å²) in [6.45, 7) is 13.4. The molecular formula is C29H34N2O7S. The second-order valence-electron chi connectivity index (χ2n) is 10.1. The summed E-state index contributed by atoms with van der Waals surface area (Å²) in [5.41, 5.74) is -1.80. The number of ether oxygens (including phenoxy) is 4. The first-order valence-electron chi connectivity index (χ1n) is 12.1. The normalized spacial score (nSPS) is 13.2. The van der Waals surface area contributed by atoms with E-state index in [1.165, 1.54) is 55.5 Å². The number of hydrogen-bond acceptors (Lipinski definition) is 9. The van der Waals surface area contributed by atoms with Crippen LogP contribution in [0.3, 0.4) is 0 Å². The molecule has 2 rings (SSSR count). The maximum atomic E-state index is 13.1. The van der Waals surface area contributed by atoms with Crippen molar-refractivity contribution in [3.05, 3.63) is 60.9 Å². The Hall–Kier alpha value is -4.02. The molecule has 0 N–H and O–H groups in total. The number of sulfone groups is 1. The van der Waals surface area contributed by atoms with E-state index in [0.29, 0.717) is 17.3 Å². The van der Waals surface area contributed by atoms with E-state index in [-0.39, 0.29) is 23.0 Å². The predicted octanol–water partition coefficient (Wildman–Crippen LogP) is 5.23. The summed E-state index contributed by atoms with van der Waals surface area (Å²) in [5.74, 6) is 0.704. The number of nitrogens with zero attached hydrogens (tertiary/aromatic N) is 2. The number of hydrogen-bond donors (Lipinski definition) is 0. The molecule has 10 heteroatoms. The number of nitriles is 2. The Morgan fingerprint density at radius 3 is 1.46 bits per heavy atom. The zero-order valence-electron chi connectivity index (χ0n) is 23.1. The van der Waals surface area contributed by atoms with Gasteiger partial charge in [0.05, 0.1) is 38.5 Å². The molecule has 0 bridgehead atoms. The molecule has 39 heavy (non-hydrogen) atoms. The van der Waals surface area contributed by atoms with Crippen LogP contribution in [0.4, 0.5) is 0 Å². The van der Waals surface area contributed by atoms with Crippen LogP contribution in [-0.2, 0) is 24.1 Å². The Labute approximate surface area is 230 Å². The van der Waals surface area contributed by atoms with Gasteiger partial charge in [0.2, 0.25) is 9.84 Å². The minimum absolute atomic E-state index is 0.0584. The number of allylic oxidation sites excluding steroid dienone is 1. The standard InChI is InChI=1S/C29H34N2O7S/c1-20(2)37-26(28(4,5)18-30)16-35-22-8-12-24(13-9-22)39(33,34)25-14-10-23(11-15-25)36-17-27(38-21(3)32)29(6,7)19-31/h8-15,26-27H,1,16-17H2,2-7H3. The lowest BCUT2D eigenvalue weighted by molar-refractivity contribution is -0.152. The molecule has 9 nitrogen and oxygen atoms in total. The molecule has 0 spiro atoms. The Kier molecular flexibility index (Phi) is 10.1. The Morgan fingerprint density at radius 2 is 1.15 bits per heavy atom. The molecule has 2 aromatic carbocycles. The van der Waals surface area contributed by atoms with Crippen molar-refractivity contribution in [3.63, 3.8) is 0 Å². The molecule has 2 atom stereocenters. The first-order chi connectivity index (χ1) is 18.1. The second-order valence-corrected chi connectivity index (χ2v) is 12.1. The lowest BCUT2D eigenvalue weighted by Gasteiger charge is -2.28. The number of benzene rings is 2. The average Bonchev–Trinajstić information content (AvgIpc) is 2.88. The first-order valence-corrected chi connectivity index (χ1v) is 13.6. The fraction of sp³-hybridized carbons (Fsp3) is 0.414. The van der Waals surface area contributed by atoms with Gasteiger partial charge in [-0.1, -0.05) is 6.58 Å². The van der Waals surface area contributed by atoms with E-state index in [2.05, 4.69) is 18.7 Å². The molecular weight excluding hydrogens is 520 g/mol. The SMILES string of the molecule is C=C(C)OC(COc1ccc(S(=O)(=O)c2ccc(OCC(OC(C)=O)C(C)(C)C#N)cc2)cc1)C(C)(C)C#N. The Bertz CT molecular complexity index is 1250. The van der Waals surface area contributed by atoms with Gasteiger partial charge in [-0.2, -0.15) is 10.5 Å². The smallest absolute Gasteiger partial charge is 0.303 e. The molecule has 0 radical (unpaired) electrons. The highest BCUT2D eigenvalue weighted by atomic mass is 32.2. The quantitative estimate of drug-likeness (QED) is 0.241. The van der Waals surface area contributed by atoms with Gasteiger partial charge in [-0.05, 0) is 83.1 Å². The summed E-state index contributed by atoms with van der Waals surface area (Å²) in [5, 5.41) is 18.8. The molecule has 0 aromatic heterocycles. The van der Waals surface area contributed by atoms with Crippen molar-refractivity contribution in [1.29, 1.82) is 10.5 Å². The summed E-state index contributed by atoms with van der Waals surface area (Å²) < 4.78 is 48.6. The maximum absolute atomic E-state index is 13.1.